The van der Waals surface area contributed by atoms with Crippen molar-refractivity contribution < 1.29 is 18.8 Å². The Morgan fingerprint density at radius 1 is 1.15 bits per heavy atom. The van der Waals surface area contributed by atoms with E-state index in [1.54, 1.807) is 7.11 Å². The van der Waals surface area contributed by atoms with Gasteiger partial charge in [0.15, 0.2) is 0 Å². The topological polar surface area (TPSA) is 44.8 Å². The Morgan fingerprint density at radius 3 is 2.08 bits per heavy atom. The average molecular weight is 210 g/mol. The van der Waals surface area contributed by atoms with Crippen molar-refractivity contribution in [2.75, 3.05) is 47.2 Å². The molecule has 0 aromatic heterocycles. The van der Waals surface area contributed by atoms with E-state index in [0.29, 0.717) is 6.35 Å². The summed E-state index contributed by atoms with van der Waals surface area (Å²) in [5.74, 6) is -0.329. The summed E-state index contributed by atoms with van der Waals surface area (Å²) < 4.78 is 15.1. The first-order valence-electron chi connectivity index (χ1n) is 4.00. The fourth-order valence-corrected chi connectivity index (χ4v) is 2.73. The van der Waals surface area contributed by atoms with Crippen molar-refractivity contribution in [3.05, 3.63) is 0 Å². The van der Waals surface area contributed by atoms with Gasteiger partial charge in [0.1, 0.15) is 0 Å². The molecule has 0 unspecified atom stereocenters. The number of carbonyl (C=O) groups is 1. The van der Waals surface area contributed by atoms with Gasteiger partial charge < -0.3 is 0 Å². The number of hydrogen-bond acceptors (Lipinski definition) is 4. The van der Waals surface area contributed by atoms with Crippen LogP contribution in [0.15, 0.2) is 0 Å². The molecule has 0 saturated heterocycles. The molecule has 0 radical (unpaired) electrons. The van der Waals surface area contributed by atoms with Crippen LogP contribution in [0.3, 0.4) is 0 Å². The standard InChI is InChI=1S/C8H19O4P/c1-10-6-8(9)12-13(3,4,5)7-11-2/h6-7H2,1-5H3. The van der Waals surface area contributed by atoms with Crippen molar-refractivity contribution in [1.82, 2.24) is 0 Å². The van der Waals surface area contributed by atoms with Crippen LogP contribution < -0.4 is 0 Å². The third kappa shape index (κ3) is 5.97. The Labute approximate surface area is 79.6 Å². The Morgan fingerprint density at radius 2 is 1.69 bits per heavy atom. The van der Waals surface area contributed by atoms with Gasteiger partial charge in [0, 0.05) is 0 Å². The Balaban J connectivity index is 4.21. The van der Waals surface area contributed by atoms with Crippen molar-refractivity contribution in [1.29, 1.82) is 0 Å². The van der Waals surface area contributed by atoms with E-state index in [1.807, 2.05) is 20.0 Å². The number of ether oxygens (including phenoxy) is 2. The second-order valence-corrected chi connectivity index (χ2v) is 10.7. The zero-order chi connectivity index (χ0) is 10.6. The fourth-order valence-electron chi connectivity index (χ4n) is 0.988. The van der Waals surface area contributed by atoms with Gasteiger partial charge in [0.05, 0.1) is 0 Å². The number of hydrogen-bond donors (Lipinski definition) is 0. The molecule has 0 aromatic carbocycles. The van der Waals surface area contributed by atoms with Gasteiger partial charge in [-0.15, -0.1) is 0 Å². The second kappa shape index (κ2) is 4.36. The van der Waals surface area contributed by atoms with E-state index in [2.05, 4.69) is 4.74 Å². The summed E-state index contributed by atoms with van der Waals surface area (Å²) in [6, 6.07) is 0. The molecule has 0 spiro atoms. The predicted octanol–water partition coefficient (Wildman–Crippen LogP) is 1.14. The van der Waals surface area contributed by atoms with Crippen molar-refractivity contribution in [3.8, 4) is 0 Å². The summed E-state index contributed by atoms with van der Waals surface area (Å²) in [5, 5.41) is 0. The maximum absolute atomic E-state index is 11.2. The molecule has 0 N–H and O–H groups in total. The zero-order valence-corrected chi connectivity index (χ0v) is 9.89. The Hall–Kier alpha value is -0.180. The predicted molar refractivity (Wildman–Crippen MR) is 54.5 cm³/mol. The Bertz CT molecular complexity index is 182. The molecule has 4 nitrogen and oxygen atoms in total. The van der Waals surface area contributed by atoms with Gasteiger partial charge >= 0.3 is 78.8 Å². The molecule has 5 heteroatoms. The van der Waals surface area contributed by atoms with Crippen LogP contribution in [0.2, 0.25) is 0 Å². The monoisotopic (exact) mass is 210 g/mol. The molecule has 0 bridgehead atoms. The Kier molecular flexibility index (Phi) is 4.30. The number of carbonyl (C=O) groups excluding carboxylic acids is 1. The van der Waals surface area contributed by atoms with Gasteiger partial charge in [-0.2, -0.15) is 0 Å². The molecule has 0 fully saturated rings. The van der Waals surface area contributed by atoms with Crippen LogP contribution in [-0.2, 0) is 18.8 Å². The van der Waals surface area contributed by atoms with E-state index in [4.69, 9.17) is 9.26 Å². The van der Waals surface area contributed by atoms with Crippen LogP contribution in [0.5, 0.6) is 0 Å². The summed E-state index contributed by atoms with van der Waals surface area (Å²) in [4.78, 5) is 11.2. The molecule has 0 aliphatic heterocycles. The minimum atomic E-state index is -2.42. The van der Waals surface area contributed by atoms with Crippen molar-refractivity contribution >= 4 is 12.8 Å². The number of methoxy groups -OCH3 is 2. The third-order valence-corrected chi connectivity index (χ3v) is 3.29. The molecule has 0 aliphatic rings. The fraction of sp³-hybridized carbons (Fsp3) is 0.875. The van der Waals surface area contributed by atoms with Gasteiger partial charge in [0.25, 0.3) is 0 Å². The van der Waals surface area contributed by atoms with Gasteiger partial charge in [-0.3, -0.25) is 0 Å². The average Bonchev–Trinajstić information content (AvgIpc) is 1.83. The van der Waals surface area contributed by atoms with E-state index in [9.17, 15) is 4.79 Å². The van der Waals surface area contributed by atoms with E-state index in [0.717, 1.165) is 0 Å². The molecule has 0 aliphatic carbocycles. The second-order valence-electron chi connectivity index (χ2n) is 4.28. The summed E-state index contributed by atoms with van der Waals surface area (Å²) >= 11 is 0. The van der Waals surface area contributed by atoms with Crippen LogP contribution in [0, 0.1) is 0 Å². The SMILES string of the molecule is COCC(=O)OP(C)(C)(C)COC. The van der Waals surface area contributed by atoms with Gasteiger partial charge in [-0.05, 0) is 0 Å². The molecule has 0 amide bonds. The third-order valence-electron chi connectivity index (χ3n) is 1.27. The van der Waals surface area contributed by atoms with Crippen molar-refractivity contribution in [2.45, 2.75) is 0 Å². The molecule has 0 atom stereocenters. The van der Waals surface area contributed by atoms with E-state index < -0.39 is 6.83 Å². The van der Waals surface area contributed by atoms with Crippen molar-refractivity contribution in [3.63, 3.8) is 0 Å². The molecular formula is C8H19O4P. The van der Waals surface area contributed by atoms with E-state index in [1.165, 1.54) is 7.11 Å². The normalized spacial score (nSPS) is 14.7. The molecule has 0 saturated carbocycles. The molecule has 80 valence electrons. The minimum absolute atomic E-state index is 0.00284. The first kappa shape index (κ1) is 12.8. The number of rotatable bonds is 5. The quantitative estimate of drug-likeness (QED) is 0.638. The van der Waals surface area contributed by atoms with Crippen LogP contribution >= 0.6 is 6.83 Å². The molecule has 0 rings (SSSR count). The van der Waals surface area contributed by atoms with E-state index in [-0.39, 0.29) is 12.6 Å². The van der Waals surface area contributed by atoms with Crippen LogP contribution in [-0.4, -0.2) is 53.1 Å². The van der Waals surface area contributed by atoms with Crippen LogP contribution in [0.1, 0.15) is 0 Å². The molecule has 0 heterocycles. The van der Waals surface area contributed by atoms with Crippen LogP contribution in [0.4, 0.5) is 0 Å². The summed E-state index contributed by atoms with van der Waals surface area (Å²) in [5.41, 5.74) is 0. The summed E-state index contributed by atoms with van der Waals surface area (Å²) in [7, 11) is 3.07. The molecule has 0 aromatic rings. The summed E-state index contributed by atoms with van der Waals surface area (Å²) in [6.45, 7) is 3.38. The molecular weight excluding hydrogens is 191 g/mol. The first-order chi connectivity index (χ1) is 5.78. The van der Waals surface area contributed by atoms with Gasteiger partial charge in [-0.25, -0.2) is 0 Å². The van der Waals surface area contributed by atoms with Gasteiger partial charge in [0.2, 0.25) is 0 Å². The van der Waals surface area contributed by atoms with E-state index >= 15 is 0 Å². The zero-order valence-electron chi connectivity index (χ0n) is 8.99. The van der Waals surface area contributed by atoms with Crippen molar-refractivity contribution in [2.24, 2.45) is 0 Å². The molecule has 13 heavy (non-hydrogen) atoms. The van der Waals surface area contributed by atoms with Gasteiger partial charge in [-0.1, -0.05) is 0 Å². The summed E-state index contributed by atoms with van der Waals surface area (Å²) in [6.07, 6.45) is 0.473. The van der Waals surface area contributed by atoms with Crippen LogP contribution in [0.25, 0.3) is 0 Å². The maximum atomic E-state index is 11.2. The first-order valence-corrected chi connectivity index (χ1v) is 7.68.